The largest absolute Gasteiger partial charge is 0.481 e. The molecule has 18 heavy (non-hydrogen) atoms. The number of aromatic nitrogens is 2. The lowest BCUT2D eigenvalue weighted by Crippen LogP contribution is -2.17. The predicted octanol–water partition coefficient (Wildman–Crippen LogP) is 2.65. The van der Waals surface area contributed by atoms with Gasteiger partial charge in [-0.15, -0.1) is 0 Å². The van der Waals surface area contributed by atoms with Crippen LogP contribution in [0.25, 0.3) is 0 Å². The van der Waals surface area contributed by atoms with E-state index < -0.39 is 11.9 Å². The molecule has 0 radical (unpaired) electrons. The van der Waals surface area contributed by atoms with Crippen LogP contribution in [-0.4, -0.2) is 21.0 Å². The van der Waals surface area contributed by atoms with Crippen LogP contribution in [0.1, 0.15) is 17.3 Å². The predicted molar refractivity (Wildman–Crippen MR) is 70.3 cm³/mol. The Bertz CT molecular complexity index is 528. The van der Waals surface area contributed by atoms with Crippen molar-refractivity contribution in [2.45, 2.75) is 12.3 Å². The molecule has 0 aliphatic heterocycles. The number of nitrogens with zero attached hydrogens (tertiary/aromatic N) is 2. The summed E-state index contributed by atoms with van der Waals surface area (Å²) in [6.45, 7) is 0. The molecule has 2 rings (SSSR count). The Morgan fingerprint density at radius 2 is 1.83 bits per heavy atom. The van der Waals surface area contributed by atoms with Crippen LogP contribution in [0, 0.1) is 0 Å². The molecule has 0 fully saturated rings. The van der Waals surface area contributed by atoms with Crippen LogP contribution in [0.4, 0.5) is 0 Å². The maximum Gasteiger partial charge on any atom is 0.314 e. The van der Waals surface area contributed by atoms with Gasteiger partial charge in [0.1, 0.15) is 11.7 Å². The number of hydrogen-bond acceptors (Lipinski definition) is 3. The van der Waals surface area contributed by atoms with Gasteiger partial charge in [0.2, 0.25) is 0 Å². The molecule has 2 aromatic rings. The number of carbonyl (C=O) groups is 1. The molecule has 1 unspecified atom stereocenters. The highest BCUT2D eigenvalue weighted by Gasteiger charge is 2.23. The van der Waals surface area contributed by atoms with E-state index in [0.29, 0.717) is 12.2 Å². The standard InChI is InChI=1S/C13H11BrN2O2/c14-10-7-15-12(16-8-10)11(13(17)18)6-9-4-2-1-3-5-9/h1-5,7-8,11H,6H2,(H,17,18). The van der Waals surface area contributed by atoms with E-state index in [1.165, 1.54) is 0 Å². The average molecular weight is 307 g/mol. The van der Waals surface area contributed by atoms with Crippen molar-refractivity contribution < 1.29 is 9.90 Å². The van der Waals surface area contributed by atoms with Crippen molar-refractivity contribution in [2.24, 2.45) is 0 Å². The van der Waals surface area contributed by atoms with Crippen LogP contribution in [0.5, 0.6) is 0 Å². The highest BCUT2D eigenvalue weighted by Crippen LogP contribution is 2.18. The summed E-state index contributed by atoms with van der Waals surface area (Å²) in [7, 11) is 0. The summed E-state index contributed by atoms with van der Waals surface area (Å²) < 4.78 is 0.732. The maximum absolute atomic E-state index is 11.3. The smallest absolute Gasteiger partial charge is 0.314 e. The normalized spacial score (nSPS) is 12.1. The number of rotatable bonds is 4. The molecule has 92 valence electrons. The lowest BCUT2D eigenvalue weighted by molar-refractivity contribution is -0.139. The molecular weight excluding hydrogens is 296 g/mol. The molecule has 1 aromatic heterocycles. The molecule has 1 aromatic carbocycles. The second kappa shape index (κ2) is 5.73. The van der Waals surface area contributed by atoms with Gasteiger partial charge in [-0.1, -0.05) is 30.3 Å². The first-order chi connectivity index (χ1) is 8.66. The third-order valence-corrected chi connectivity index (χ3v) is 2.94. The van der Waals surface area contributed by atoms with Crippen LogP contribution < -0.4 is 0 Å². The average Bonchev–Trinajstić information content (AvgIpc) is 2.38. The van der Waals surface area contributed by atoms with Gasteiger partial charge in [-0.2, -0.15) is 0 Å². The van der Waals surface area contributed by atoms with Crippen molar-refractivity contribution in [1.82, 2.24) is 9.97 Å². The second-order valence-corrected chi connectivity index (χ2v) is 4.76. The lowest BCUT2D eigenvalue weighted by Gasteiger charge is -2.10. The van der Waals surface area contributed by atoms with E-state index in [-0.39, 0.29) is 0 Å². The fraction of sp³-hybridized carbons (Fsp3) is 0.154. The van der Waals surface area contributed by atoms with E-state index in [4.69, 9.17) is 0 Å². The number of hydrogen-bond donors (Lipinski definition) is 1. The van der Waals surface area contributed by atoms with Gasteiger partial charge in [-0.25, -0.2) is 9.97 Å². The quantitative estimate of drug-likeness (QED) is 0.943. The van der Waals surface area contributed by atoms with Gasteiger partial charge in [0.05, 0.1) is 4.47 Å². The second-order valence-electron chi connectivity index (χ2n) is 3.84. The van der Waals surface area contributed by atoms with Crippen LogP contribution in [0.2, 0.25) is 0 Å². The summed E-state index contributed by atoms with van der Waals surface area (Å²) in [5, 5.41) is 9.27. The Hall–Kier alpha value is -1.75. The minimum Gasteiger partial charge on any atom is -0.481 e. The van der Waals surface area contributed by atoms with Crippen molar-refractivity contribution in [1.29, 1.82) is 0 Å². The topological polar surface area (TPSA) is 63.1 Å². The van der Waals surface area contributed by atoms with Crippen molar-refractivity contribution >= 4 is 21.9 Å². The van der Waals surface area contributed by atoms with Gasteiger partial charge in [0.25, 0.3) is 0 Å². The summed E-state index contributed by atoms with van der Waals surface area (Å²) in [5.41, 5.74) is 0.955. The first-order valence-electron chi connectivity index (χ1n) is 5.41. The van der Waals surface area contributed by atoms with Crippen molar-refractivity contribution in [3.8, 4) is 0 Å². The number of benzene rings is 1. The molecule has 0 saturated carbocycles. The Morgan fingerprint density at radius 3 is 2.39 bits per heavy atom. The lowest BCUT2D eigenvalue weighted by atomic mass is 9.99. The fourth-order valence-corrected chi connectivity index (χ4v) is 1.85. The van der Waals surface area contributed by atoms with E-state index in [9.17, 15) is 9.90 Å². The molecule has 0 aliphatic rings. The maximum atomic E-state index is 11.3. The zero-order valence-corrected chi connectivity index (χ0v) is 11.0. The Morgan fingerprint density at radius 1 is 1.22 bits per heavy atom. The van der Waals surface area contributed by atoms with E-state index in [1.807, 2.05) is 30.3 Å². The number of halogens is 1. The molecule has 5 heteroatoms. The Labute approximate surface area is 113 Å². The molecule has 0 spiro atoms. The Balaban J connectivity index is 2.24. The zero-order valence-electron chi connectivity index (χ0n) is 9.45. The molecule has 4 nitrogen and oxygen atoms in total. The molecule has 1 heterocycles. The van der Waals surface area contributed by atoms with Crippen molar-refractivity contribution in [3.05, 3.63) is 58.6 Å². The van der Waals surface area contributed by atoms with E-state index in [0.717, 1.165) is 10.0 Å². The molecule has 0 amide bonds. The third-order valence-electron chi connectivity index (χ3n) is 2.53. The minimum absolute atomic E-state index is 0.328. The SMILES string of the molecule is O=C(O)C(Cc1ccccc1)c1ncc(Br)cn1. The van der Waals surface area contributed by atoms with Crippen molar-refractivity contribution in [3.63, 3.8) is 0 Å². The molecular formula is C13H11BrN2O2. The van der Waals surface area contributed by atoms with Crippen LogP contribution >= 0.6 is 15.9 Å². The molecule has 1 atom stereocenters. The first kappa shape index (κ1) is 12.7. The van der Waals surface area contributed by atoms with E-state index >= 15 is 0 Å². The van der Waals surface area contributed by atoms with Gasteiger partial charge >= 0.3 is 5.97 Å². The minimum atomic E-state index is -0.916. The molecule has 0 aliphatic carbocycles. The zero-order chi connectivity index (χ0) is 13.0. The van der Waals surface area contributed by atoms with E-state index in [1.54, 1.807) is 12.4 Å². The Kier molecular flexibility index (Phi) is 4.04. The molecule has 1 N–H and O–H groups in total. The van der Waals surface area contributed by atoms with Gasteiger partial charge in [-0.3, -0.25) is 4.79 Å². The van der Waals surface area contributed by atoms with Crippen LogP contribution in [-0.2, 0) is 11.2 Å². The first-order valence-corrected chi connectivity index (χ1v) is 6.20. The highest BCUT2D eigenvalue weighted by atomic mass is 79.9. The summed E-state index contributed by atoms with van der Waals surface area (Å²) in [4.78, 5) is 19.4. The summed E-state index contributed by atoms with van der Waals surface area (Å²) in [6, 6.07) is 9.46. The summed E-state index contributed by atoms with van der Waals surface area (Å²) >= 11 is 3.23. The summed E-state index contributed by atoms with van der Waals surface area (Å²) in [6.07, 6.45) is 3.50. The third kappa shape index (κ3) is 3.13. The fourth-order valence-electron chi connectivity index (χ4n) is 1.64. The van der Waals surface area contributed by atoms with Crippen LogP contribution in [0.15, 0.2) is 47.2 Å². The monoisotopic (exact) mass is 306 g/mol. The molecule has 0 bridgehead atoms. The number of carboxylic acids is 1. The summed E-state index contributed by atoms with van der Waals surface area (Å²) in [5.74, 6) is -1.31. The van der Waals surface area contributed by atoms with Gasteiger partial charge < -0.3 is 5.11 Å². The van der Waals surface area contributed by atoms with Gasteiger partial charge in [0.15, 0.2) is 0 Å². The van der Waals surface area contributed by atoms with Crippen LogP contribution in [0.3, 0.4) is 0 Å². The van der Waals surface area contributed by atoms with Gasteiger partial charge in [-0.05, 0) is 27.9 Å². The van der Waals surface area contributed by atoms with Gasteiger partial charge in [0, 0.05) is 12.4 Å². The molecule has 0 saturated heterocycles. The van der Waals surface area contributed by atoms with Crippen molar-refractivity contribution in [2.75, 3.05) is 0 Å². The number of carboxylic acid groups (broad SMARTS) is 1. The number of aliphatic carboxylic acids is 1. The van der Waals surface area contributed by atoms with E-state index in [2.05, 4.69) is 25.9 Å². The highest BCUT2D eigenvalue weighted by molar-refractivity contribution is 9.10.